The monoisotopic (exact) mass is 608 g/mol. The molecule has 4 heterocycles. The van der Waals surface area contributed by atoms with Crippen LogP contribution in [0.2, 0.25) is 0 Å². The molecule has 6 aliphatic rings. The Kier molecular flexibility index (Phi) is 6.64. The van der Waals surface area contributed by atoms with Crippen LogP contribution < -0.4 is 10.6 Å². The quantitative estimate of drug-likeness (QED) is 0.452. The highest BCUT2D eigenvalue weighted by molar-refractivity contribution is 5.84. The molecular formula is C33H36F4N6O. The van der Waals surface area contributed by atoms with Crippen LogP contribution in [0.3, 0.4) is 0 Å². The van der Waals surface area contributed by atoms with Gasteiger partial charge in [-0.3, -0.25) is 14.8 Å². The third-order valence-electron chi connectivity index (χ3n) is 10.9. The Bertz CT molecular complexity index is 1400. The van der Waals surface area contributed by atoms with Crippen molar-refractivity contribution in [2.75, 3.05) is 13.1 Å². The van der Waals surface area contributed by atoms with Crippen LogP contribution in [0.4, 0.5) is 17.6 Å². The van der Waals surface area contributed by atoms with E-state index >= 15 is 0 Å². The summed E-state index contributed by atoms with van der Waals surface area (Å²) in [5, 5.41) is 20.5. The number of carbonyl (C=O) groups excluding carboxylic acids is 1. The van der Waals surface area contributed by atoms with Gasteiger partial charge in [-0.25, -0.2) is 17.6 Å². The Hall–Kier alpha value is -3.31. The predicted molar refractivity (Wildman–Crippen MR) is 157 cm³/mol. The number of hydrogen-bond acceptors (Lipinski definition) is 7. The minimum atomic E-state index is -0.591. The van der Waals surface area contributed by atoms with Gasteiger partial charge in [-0.05, 0) is 87.0 Å². The van der Waals surface area contributed by atoms with E-state index in [1.165, 1.54) is 24.3 Å². The van der Waals surface area contributed by atoms with Crippen molar-refractivity contribution in [1.82, 2.24) is 20.7 Å². The SMILES string of the molecule is O=C(C1CCNC2(C1)CC2N1N=CCC1c1cc(F)cc(F)c1)C1CCNC2(C1)CC2N1N=CCC1c1cc(F)cc(F)c1. The topological polar surface area (TPSA) is 72.3 Å². The summed E-state index contributed by atoms with van der Waals surface area (Å²) < 4.78 is 56.0. The summed E-state index contributed by atoms with van der Waals surface area (Å²) in [7, 11) is 0. The summed E-state index contributed by atoms with van der Waals surface area (Å²) in [5.41, 5.74) is 0.706. The Balaban J connectivity index is 0.931. The van der Waals surface area contributed by atoms with Crippen molar-refractivity contribution in [2.45, 2.75) is 86.6 Å². The van der Waals surface area contributed by atoms with Crippen molar-refractivity contribution in [2.24, 2.45) is 22.0 Å². The lowest BCUT2D eigenvalue weighted by atomic mass is 9.77. The van der Waals surface area contributed by atoms with E-state index in [0.717, 1.165) is 63.7 Å². The van der Waals surface area contributed by atoms with E-state index in [4.69, 9.17) is 0 Å². The maximum atomic E-state index is 14.1. The smallest absolute Gasteiger partial charge is 0.139 e. The molecule has 2 aromatic rings. The lowest BCUT2D eigenvalue weighted by Gasteiger charge is -2.38. The first-order valence-corrected chi connectivity index (χ1v) is 15.8. The second kappa shape index (κ2) is 10.4. The maximum absolute atomic E-state index is 14.1. The molecule has 2 aliphatic carbocycles. The third-order valence-corrected chi connectivity index (χ3v) is 10.9. The van der Waals surface area contributed by atoms with Crippen LogP contribution in [0, 0.1) is 35.1 Å². The van der Waals surface area contributed by atoms with Crippen molar-refractivity contribution in [3.05, 3.63) is 70.8 Å². The molecule has 0 radical (unpaired) electrons. The van der Waals surface area contributed by atoms with E-state index in [2.05, 4.69) is 20.8 Å². The molecule has 4 aliphatic heterocycles. The van der Waals surface area contributed by atoms with E-state index in [9.17, 15) is 22.4 Å². The largest absolute Gasteiger partial charge is 0.309 e. The molecule has 8 rings (SSSR count). The van der Waals surface area contributed by atoms with Crippen LogP contribution in [-0.4, -0.2) is 64.5 Å². The number of piperidine rings is 2. The van der Waals surface area contributed by atoms with Gasteiger partial charge in [0.05, 0.1) is 24.2 Å². The molecule has 8 unspecified atom stereocenters. The van der Waals surface area contributed by atoms with E-state index in [0.29, 0.717) is 29.8 Å². The molecule has 2 aromatic carbocycles. The van der Waals surface area contributed by atoms with Crippen molar-refractivity contribution in [1.29, 1.82) is 0 Å². The van der Waals surface area contributed by atoms with Crippen molar-refractivity contribution in [3.8, 4) is 0 Å². The number of Topliss-reactive ketones (excluding diaryl/α,β-unsaturated/α-hetero) is 1. The molecule has 4 fully saturated rings. The van der Waals surface area contributed by atoms with E-state index in [1.807, 2.05) is 22.4 Å². The van der Waals surface area contributed by atoms with Gasteiger partial charge >= 0.3 is 0 Å². The minimum Gasteiger partial charge on any atom is -0.309 e. The molecule has 2 saturated heterocycles. The van der Waals surface area contributed by atoms with Gasteiger partial charge in [-0.1, -0.05) is 0 Å². The summed E-state index contributed by atoms with van der Waals surface area (Å²) in [6, 6.07) is 7.00. The molecule has 11 heteroatoms. The average molecular weight is 609 g/mol. The second-order valence-corrected chi connectivity index (χ2v) is 13.7. The van der Waals surface area contributed by atoms with Crippen LogP contribution in [0.25, 0.3) is 0 Å². The van der Waals surface area contributed by atoms with Crippen LogP contribution >= 0.6 is 0 Å². The fourth-order valence-electron chi connectivity index (χ4n) is 8.69. The van der Waals surface area contributed by atoms with Crippen LogP contribution in [0.15, 0.2) is 46.6 Å². The predicted octanol–water partition coefficient (Wildman–Crippen LogP) is 5.00. The first-order chi connectivity index (χ1) is 21.2. The highest BCUT2D eigenvalue weighted by Gasteiger charge is 2.63. The number of benzene rings is 2. The zero-order valence-corrected chi connectivity index (χ0v) is 24.4. The van der Waals surface area contributed by atoms with E-state index < -0.39 is 23.3 Å². The summed E-state index contributed by atoms with van der Waals surface area (Å²) in [6.45, 7) is 1.49. The molecule has 7 nitrogen and oxygen atoms in total. The van der Waals surface area contributed by atoms with Gasteiger partial charge < -0.3 is 10.6 Å². The first-order valence-electron chi connectivity index (χ1n) is 15.8. The summed E-state index contributed by atoms with van der Waals surface area (Å²) in [6.07, 6.45) is 9.53. The Morgan fingerprint density at radius 2 is 1.07 bits per heavy atom. The molecule has 8 atom stereocenters. The zero-order chi connectivity index (χ0) is 30.2. The number of hydrazone groups is 2. The third kappa shape index (κ3) is 4.83. The Morgan fingerprint density at radius 1 is 0.659 bits per heavy atom. The molecule has 44 heavy (non-hydrogen) atoms. The number of halogens is 4. The van der Waals surface area contributed by atoms with Gasteiger partial charge in [0.1, 0.15) is 29.1 Å². The number of nitrogens with one attached hydrogen (secondary N) is 2. The zero-order valence-electron chi connectivity index (χ0n) is 24.4. The fourth-order valence-corrected chi connectivity index (χ4v) is 8.69. The van der Waals surface area contributed by atoms with Gasteiger partial charge in [-0.15, -0.1) is 0 Å². The minimum absolute atomic E-state index is 0.0527. The van der Waals surface area contributed by atoms with Gasteiger partial charge in [0.15, 0.2) is 0 Å². The average Bonchev–Trinajstić information content (AvgIpc) is 3.63. The van der Waals surface area contributed by atoms with Gasteiger partial charge in [0.25, 0.3) is 0 Å². The first kappa shape index (κ1) is 28.2. The standard InChI is InChI=1S/C33H36F4N6O/c34-23-9-21(10-24(35)13-23)27-3-7-40-42(27)29-17-32(29)15-19(1-5-38-32)31(44)20-2-6-39-33(16-20)18-30(33)43-28(4-8-41-43)22-11-25(36)14-26(37)12-22/h7-14,19-20,27-30,38-39H,1-6,15-18H2. The molecule has 2 spiro atoms. The number of ketones is 1. The number of nitrogens with zero attached hydrogens (tertiary/aromatic N) is 4. The highest BCUT2D eigenvalue weighted by atomic mass is 19.1. The molecule has 2 saturated carbocycles. The highest BCUT2D eigenvalue weighted by Crippen LogP contribution is 2.54. The number of hydrogen-bond donors (Lipinski definition) is 2. The molecular weight excluding hydrogens is 572 g/mol. The Labute approximate surface area is 253 Å². The van der Waals surface area contributed by atoms with Crippen LogP contribution in [0.1, 0.15) is 74.6 Å². The van der Waals surface area contributed by atoms with Crippen LogP contribution in [0.5, 0.6) is 0 Å². The maximum Gasteiger partial charge on any atom is 0.139 e. The molecule has 0 aromatic heterocycles. The lowest BCUT2D eigenvalue weighted by Crippen LogP contribution is -2.51. The van der Waals surface area contributed by atoms with Crippen molar-refractivity contribution in [3.63, 3.8) is 0 Å². The second-order valence-electron chi connectivity index (χ2n) is 13.7. The van der Waals surface area contributed by atoms with E-state index in [-0.39, 0.29) is 47.1 Å². The van der Waals surface area contributed by atoms with E-state index in [1.54, 1.807) is 0 Å². The molecule has 2 N–H and O–H groups in total. The molecule has 0 bridgehead atoms. The van der Waals surface area contributed by atoms with Gasteiger partial charge in [0, 0.05) is 60.3 Å². The summed E-state index contributed by atoms with van der Waals surface area (Å²) >= 11 is 0. The summed E-state index contributed by atoms with van der Waals surface area (Å²) in [5.74, 6) is -2.15. The normalized spacial score (nSPS) is 37.4. The lowest BCUT2D eigenvalue weighted by molar-refractivity contribution is -0.129. The van der Waals surface area contributed by atoms with Crippen molar-refractivity contribution >= 4 is 18.2 Å². The molecule has 232 valence electrons. The summed E-state index contributed by atoms with van der Waals surface area (Å²) in [4.78, 5) is 14.1. The fraction of sp³-hybridized carbons (Fsp3) is 0.545. The number of carbonyl (C=O) groups is 1. The van der Waals surface area contributed by atoms with Gasteiger partial charge in [-0.2, -0.15) is 10.2 Å². The Morgan fingerprint density at radius 3 is 1.48 bits per heavy atom. The molecule has 0 amide bonds. The number of rotatable bonds is 6. The van der Waals surface area contributed by atoms with Crippen molar-refractivity contribution < 1.29 is 22.4 Å². The van der Waals surface area contributed by atoms with Crippen LogP contribution in [-0.2, 0) is 4.79 Å². The van der Waals surface area contributed by atoms with Gasteiger partial charge in [0.2, 0.25) is 0 Å².